The number of para-hydroxylation sites is 1. The highest BCUT2D eigenvalue weighted by Crippen LogP contribution is 2.20. The molecule has 0 spiro atoms. The van der Waals surface area contributed by atoms with Gasteiger partial charge in [-0.05, 0) is 62.6 Å². The van der Waals surface area contributed by atoms with Crippen molar-refractivity contribution >= 4 is 35.0 Å². The monoisotopic (exact) mass is 437 g/mol. The van der Waals surface area contributed by atoms with Crippen LogP contribution in [0.15, 0.2) is 47.6 Å². The van der Waals surface area contributed by atoms with Crippen molar-refractivity contribution in [2.75, 3.05) is 16.4 Å². The van der Waals surface area contributed by atoms with Gasteiger partial charge in [0.1, 0.15) is 5.82 Å². The molecule has 0 radical (unpaired) electrons. The molecular weight excluding hydrogens is 410 g/mol. The van der Waals surface area contributed by atoms with Gasteiger partial charge in [-0.25, -0.2) is 0 Å². The second-order valence-corrected chi connectivity index (χ2v) is 8.26. The number of aromatic nitrogens is 3. The summed E-state index contributed by atoms with van der Waals surface area (Å²) < 4.78 is 1.87. The summed E-state index contributed by atoms with van der Waals surface area (Å²) in [6.45, 7) is 8.57. The van der Waals surface area contributed by atoms with Crippen LogP contribution in [0.25, 0.3) is 0 Å². The number of nitrogens with zero attached hydrogens (tertiary/aromatic N) is 3. The van der Waals surface area contributed by atoms with Crippen LogP contribution in [0.3, 0.4) is 0 Å². The number of benzene rings is 2. The number of thioether (sulfide) groups is 1. The first kappa shape index (κ1) is 22.6. The Morgan fingerprint density at radius 1 is 0.935 bits per heavy atom. The molecule has 3 rings (SSSR count). The Kier molecular flexibility index (Phi) is 7.46. The van der Waals surface area contributed by atoms with Gasteiger partial charge in [0, 0.05) is 17.9 Å². The number of anilines is 2. The number of aryl methyl sites for hydroxylation is 3. The molecule has 0 fully saturated rings. The Bertz CT molecular complexity index is 1090. The Balaban J connectivity index is 1.59. The maximum Gasteiger partial charge on any atom is 0.234 e. The van der Waals surface area contributed by atoms with Crippen molar-refractivity contribution in [2.24, 2.45) is 0 Å². The zero-order chi connectivity index (χ0) is 22.4. The number of carbonyl (C=O) groups is 2. The summed E-state index contributed by atoms with van der Waals surface area (Å²) in [5.74, 6) is 0.518. The fraction of sp³-hybridized carbons (Fsp3) is 0.304. The molecule has 0 aliphatic rings. The second kappa shape index (κ2) is 10.3. The van der Waals surface area contributed by atoms with E-state index in [1.165, 1.54) is 17.3 Å². The van der Waals surface area contributed by atoms with Gasteiger partial charge in [0.2, 0.25) is 11.8 Å². The minimum Gasteiger partial charge on any atom is -0.325 e. The van der Waals surface area contributed by atoms with Crippen molar-refractivity contribution in [3.8, 4) is 0 Å². The zero-order valence-electron chi connectivity index (χ0n) is 18.2. The van der Waals surface area contributed by atoms with Gasteiger partial charge in [-0.1, -0.05) is 36.0 Å². The van der Waals surface area contributed by atoms with Gasteiger partial charge in [-0.2, -0.15) is 0 Å². The predicted molar refractivity (Wildman–Crippen MR) is 124 cm³/mol. The summed E-state index contributed by atoms with van der Waals surface area (Å²) in [7, 11) is 0. The lowest BCUT2D eigenvalue weighted by atomic mass is 10.1. The average Bonchev–Trinajstić information content (AvgIpc) is 3.12. The maximum atomic E-state index is 12.5. The van der Waals surface area contributed by atoms with Crippen LogP contribution < -0.4 is 10.6 Å². The Morgan fingerprint density at radius 2 is 1.71 bits per heavy atom. The van der Waals surface area contributed by atoms with Gasteiger partial charge in [-0.3, -0.25) is 9.59 Å². The summed E-state index contributed by atoms with van der Waals surface area (Å²) in [5.41, 5.74) is 4.87. The van der Waals surface area contributed by atoms with Gasteiger partial charge in [-0.15, -0.1) is 10.2 Å². The van der Waals surface area contributed by atoms with E-state index in [0.29, 0.717) is 17.5 Å². The van der Waals surface area contributed by atoms with Gasteiger partial charge < -0.3 is 15.2 Å². The number of amides is 2. The number of hydrogen-bond donors (Lipinski definition) is 2. The molecule has 1 heterocycles. The molecule has 2 aromatic carbocycles. The molecule has 1 aromatic heterocycles. The van der Waals surface area contributed by atoms with E-state index >= 15 is 0 Å². The largest absolute Gasteiger partial charge is 0.325 e. The zero-order valence-corrected chi connectivity index (χ0v) is 19.0. The lowest BCUT2D eigenvalue weighted by Crippen LogP contribution is -2.18. The minimum atomic E-state index is -0.152. The minimum absolute atomic E-state index is 0.113. The normalized spacial score (nSPS) is 10.7. The van der Waals surface area contributed by atoms with Crippen LogP contribution in [0.1, 0.15) is 29.4 Å². The van der Waals surface area contributed by atoms with Crippen LogP contribution >= 0.6 is 11.8 Å². The lowest BCUT2D eigenvalue weighted by Gasteiger charge is -2.10. The lowest BCUT2D eigenvalue weighted by molar-refractivity contribution is -0.116. The first-order valence-corrected chi connectivity index (χ1v) is 11.1. The molecule has 0 unspecified atom stereocenters. The molecule has 3 aromatic rings. The highest BCUT2D eigenvalue weighted by molar-refractivity contribution is 7.99. The van der Waals surface area contributed by atoms with Crippen LogP contribution in [0.4, 0.5) is 11.4 Å². The Hall–Kier alpha value is -3.13. The van der Waals surface area contributed by atoms with E-state index in [2.05, 4.69) is 20.8 Å². The van der Waals surface area contributed by atoms with E-state index in [1.54, 1.807) is 0 Å². The summed E-state index contributed by atoms with van der Waals surface area (Å²) >= 11 is 1.31. The number of carbonyl (C=O) groups excluding carboxylic acids is 2. The number of nitrogens with one attached hydrogen (secondary N) is 2. The predicted octanol–water partition coefficient (Wildman–Crippen LogP) is 4.14. The van der Waals surface area contributed by atoms with E-state index < -0.39 is 0 Å². The van der Waals surface area contributed by atoms with Gasteiger partial charge in [0.05, 0.1) is 12.2 Å². The molecule has 0 aliphatic carbocycles. The first-order valence-electron chi connectivity index (χ1n) is 10.1. The maximum absolute atomic E-state index is 12.5. The van der Waals surface area contributed by atoms with E-state index in [9.17, 15) is 9.59 Å². The average molecular weight is 438 g/mol. The van der Waals surface area contributed by atoms with Crippen molar-refractivity contribution in [3.05, 3.63) is 65.0 Å². The third kappa shape index (κ3) is 5.95. The molecule has 2 N–H and O–H groups in total. The van der Waals surface area contributed by atoms with E-state index in [-0.39, 0.29) is 24.0 Å². The van der Waals surface area contributed by atoms with Crippen molar-refractivity contribution < 1.29 is 9.59 Å². The fourth-order valence-corrected chi connectivity index (χ4v) is 3.89. The number of rotatable bonds is 8. The van der Waals surface area contributed by atoms with E-state index in [0.717, 1.165) is 22.5 Å². The molecule has 0 saturated heterocycles. The van der Waals surface area contributed by atoms with Crippen LogP contribution in [0, 0.1) is 20.8 Å². The molecular formula is C23H27N5O2S. The summed E-state index contributed by atoms with van der Waals surface area (Å²) in [6.07, 6.45) is 0.116. The molecule has 8 heteroatoms. The van der Waals surface area contributed by atoms with E-state index in [1.807, 2.05) is 74.7 Å². The third-order valence-electron chi connectivity index (χ3n) is 4.97. The molecule has 7 nitrogen and oxygen atoms in total. The highest BCUT2D eigenvalue weighted by atomic mass is 32.2. The quantitative estimate of drug-likeness (QED) is 0.517. The van der Waals surface area contributed by atoms with Crippen LogP contribution in [-0.2, 0) is 22.6 Å². The number of hydrogen-bond acceptors (Lipinski definition) is 5. The van der Waals surface area contributed by atoms with Gasteiger partial charge in [0.25, 0.3) is 0 Å². The Labute approximate surface area is 186 Å². The standard InChI is InChI=1S/C23H27N5O2S/c1-5-28-20(13-21(29)25-19-9-7-6-8-16(19)3)26-27-23(28)31-14-22(30)24-18-11-10-15(2)17(4)12-18/h6-12H,5,13-14H2,1-4H3,(H,24,30)(H,25,29). The van der Waals surface area contributed by atoms with Crippen LogP contribution in [0.5, 0.6) is 0 Å². The summed E-state index contributed by atoms with van der Waals surface area (Å²) in [6, 6.07) is 13.5. The molecule has 31 heavy (non-hydrogen) atoms. The molecule has 0 aliphatic heterocycles. The topological polar surface area (TPSA) is 88.9 Å². The highest BCUT2D eigenvalue weighted by Gasteiger charge is 2.16. The molecule has 162 valence electrons. The summed E-state index contributed by atoms with van der Waals surface area (Å²) in [5, 5.41) is 14.8. The molecule has 0 saturated carbocycles. The van der Waals surface area contributed by atoms with Gasteiger partial charge >= 0.3 is 0 Å². The van der Waals surface area contributed by atoms with Crippen molar-refractivity contribution in [3.63, 3.8) is 0 Å². The molecule has 0 bridgehead atoms. The Morgan fingerprint density at radius 3 is 2.42 bits per heavy atom. The third-order valence-corrected chi connectivity index (χ3v) is 5.94. The molecule has 2 amide bonds. The fourth-order valence-electron chi connectivity index (χ4n) is 3.07. The second-order valence-electron chi connectivity index (χ2n) is 7.32. The SMILES string of the molecule is CCn1c(CC(=O)Nc2ccccc2C)nnc1SCC(=O)Nc1ccc(C)c(C)c1. The van der Waals surface area contributed by atoms with Crippen molar-refractivity contribution in [1.82, 2.24) is 14.8 Å². The van der Waals surface area contributed by atoms with Gasteiger partial charge in [0.15, 0.2) is 5.16 Å². The van der Waals surface area contributed by atoms with Crippen LogP contribution in [-0.4, -0.2) is 32.3 Å². The first-order chi connectivity index (χ1) is 14.9. The van der Waals surface area contributed by atoms with Crippen LogP contribution in [0.2, 0.25) is 0 Å². The molecule has 0 atom stereocenters. The van der Waals surface area contributed by atoms with Crippen molar-refractivity contribution in [2.45, 2.75) is 45.8 Å². The van der Waals surface area contributed by atoms with Crippen molar-refractivity contribution in [1.29, 1.82) is 0 Å². The van der Waals surface area contributed by atoms with E-state index in [4.69, 9.17) is 0 Å². The summed E-state index contributed by atoms with van der Waals surface area (Å²) in [4.78, 5) is 24.8. The smallest absolute Gasteiger partial charge is 0.234 e.